The molecule has 0 unspecified atom stereocenters. The van der Waals surface area contributed by atoms with Crippen molar-refractivity contribution in [3.05, 3.63) is 29.6 Å². The summed E-state index contributed by atoms with van der Waals surface area (Å²) >= 11 is 0. The van der Waals surface area contributed by atoms with Gasteiger partial charge in [-0.1, -0.05) is 13.0 Å². The number of aliphatic imine (C=N–C) groups is 1. The highest BCUT2D eigenvalue weighted by Gasteiger charge is 2.16. The van der Waals surface area contributed by atoms with E-state index in [0.717, 1.165) is 30.4 Å². The summed E-state index contributed by atoms with van der Waals surface area (Å²) in [7, 11) is 0. The molecule has 1 fully saturated rings. The normalized spacial score (nSPS) is 17.2. The van der Waals surface area contributed by atoms with E-state index in [1.807, 2.05) is 25.1 Å². The van der Waals surface area contributed by atoms with E-state index >= 15 is 0 Å². The SMILES string of the molecule is Cc1cccc(CN=C(N)N2CCC(C)CC2)n1.I. The molecule has 19 heavy (non-hydrogen) atoms. The van der Waals surface area contributed by atoms with Crippen LogP contribution in [0.3, 0.4) is 0 Å². The Morgan fingerprint density at radius 1 is 1.42 bits per heavy atom. The fourth-order valence-electron chi connectivity index (χ4n) is 2.19. The maximum atomic E-state index is 6.03. The van der Waals surface area contributed by atoms with Gasteiger partial charge in [-0.2, -0.15) is 0 Å². The van der Waals surface area contributed by atoms with E-state index in [4.69, 9.17) is 5.73 Å². The Morgan fingerprint density at radius 3 is 2.74 bits per heavy atom. The summed E-state index contributed by atoms with van der Waals surface area (Å²) in [4.78, 5) is 11.0. The zero-order valence-electron chi connectivity index (χ0n) is 11.7. The molecular formula is C14H23IN4. The van der Waals surface area contributed by atoms with Crippen LogP contribution in [0.15, 0.2) is 23.2 Å². The minimum atomic E-state index is 0. The van der Waals surface area contributed by atoms with Gasteiger partial charge in [-0.05, 0) is 37.8 Å². The molecule has 0 radical (unpaired) electrons. The number of nitrogens with zero attached hydrogens (tertiary/aromatic N) is 3. The molecule has 0 aliphatic carbocycles. The predicted molar refractivity (Wildman–Crippen MR) is 89.7 cm³/mol. The molecule has 5 heteroatoms. The summed E-state index contributed by atoms with van der Waals surface area (Å²) in [5.41, 5.74) is 8.02. The highest BCUT2D eigenvalue weighted by molar-refractivity contribution is 14.0. The zero-order chi connectivity index (χ0) is 13.0. The summed E-state index contributed by atoms with van der Waals surface area (Å²) in [5.74, 6) is 1.47. The summed E-state index contributed by atoms with van der Waals surface area (Å²) in [6.45, 7) is 6.90. The molecular weight excluding hydrogens is 351 g/mol. The van der Waals surface area contributed by atoms with Gasteiger partial charge in [-0.15, -0.1) is 24.0 Å². The topological polar surface area (TPSA) is 54.5 Å². The zero-order valence-corrected chi connectivity index (χ0v) is 14.0. The molecule has 0 bridgehead atoms. The van der Waals surface area contributed by atoms with Gasteiger partial charge in [-0.25, -0.2) is 4.99 Å². The molecule has 1 aliphatic heterocycles. The second-order valence-corrected chi connectivity index (χ2v) is 5.11. The number of aryl methyl sites for hydroxylation is 1. The van der Waals surface area contributed by atoms with Crippen molar-refractivity contribution in [2.45, 2.75) is 33.2 Å². The van der Waals surface area contributed by atoms with Crippen molar-refractivity contribution in [2.75, 3.05) is 13.1 Å². The van der Waals surface area contributed by atoms with E-state index in [1.54, 1.807) is 0 Å². The van der Waals surface area contributed by atoms with Gasteiger partial charge in [-0.3, -0.25) is 4.98 Å². The van der Waals surface area contributed by atoms with E-state index in [2.05, 4.69) is 21.8 Å². The highest BCUT2D eigenvalue weighted by atomic mass is 127. The van der Waals surface area contributed by atoms with Crippen molar-refractivity contribution in [3.63, 3.8) is 0 Å². The molecule has 0 spiro atoms. The second-order valence-electron chi connectivity index (χ2n) is 5.11. The number of guanidine groups is 1. The van der Waals surface area contributed by atoms with E-state index < -0.39 is 0 Å². The number of nitrogens with two attached hydrogens (primary N) is 1. The van der Waals surface area contributed by atoms with Gasteiger partial charge in [0.1, 0.15) is 0 Å². The lowest BCUT2D eigenvalue weighted by Crippen LogP contribution is -2.42. The van der Waals surface area contributed by atoms with Crippen LogP contribution in [0.2, 0.25) is 0 Å². The third-order valence-corrected chi connectivity index (χ3v) is 3.46. The molecule has 106 valence electrons. The van der Waals surface area contributed by atoms with E-state index in [1.165, 1.54) is 12.8 Å². The number of piperidine rings is 1. The number of aromatic nitrogens is 1. The maximum Gasteiger partial charge on any atom is 0.191 e. The first kappa shape index (κ1) is 16.2. The van der Waals surface area contributed by atoms with Gasteiger partial charge in [0, 0.05) is 18.8 Å². The van der Waals surface area contributed by atoms with Crippen LogP contribution in [0.25, 0.3) is 0 Å². The van der Waals surface area contributed by atoms with Crippen molar-refractivity contribution in [3.8, 4) is 0 Å². The molecule has 2 rings (SSSR count). The smallest absolute Gasteiger partial charge is 0.191 e. The van der Waals surface area contributed by atoms with Crippen LogP contribution in [0.4, 0.5) is 0 Å². The van der Waals surface area contributed by atoms with Crippen LogP contribution in [-0.2, 0) is 6.54 Å². The molecule has 2 heterocycles. The second kappa shape index (κ2) is 7.67. The molecule has 0 amide bonds. The van der Waals surface area contributed by atoms with Gasteiger partial charge in [0.15, 0.2) is 5.96 Å². The average Bonchev–Trinajstić information content (AvgIpc) is 2.37. The number of hydrogen-bond donors (Lipinski definition) is 1. The standard InChI is InChI=1S/C14H22N4.HI/c1-11-6-8-18(9-7-11)14(15)16-10-13-5-3-4-12(2)17-13;/h3-5,11H,6-10H2,1-2H3,(H2,15,16);1H. The summed E-state index contributed by atoms with van der Waals surface area (Å²) in [5, 5.41) is 0. The van der Waals surface area contributed by atoms with Crippen molar-refractivity contribution >= 4 is 29.9 Å². The minimum Gasteiger partial charge on any atom is -0.370 e. The van der Waals surface area contributed by atoms with E-state index in [-0.39, 0.29) is 24.0 Å². The summed E-state index contributed by atoms with van der Waals surface area (Å²) in [6, 6.07) is 5.98. The number of rotatable bonds is 2. The Morgan fingerprint density at radius 2 is 2.11 bits per heavy atom. The molecule has 2 N–H and O–H groups in total. The Labute approximate surface area is 132 Å². The van der Waals surface area contributed by atoms with Gasteiger partial charge in [0.25, 0.3) is 0 Å². The first-order chi connectivity index (χ1) is 8.65. The van der Waals surface area contributed by atoms with Crippen LogP contribution in [-0.4, -0.2) is 28.9 Å². The van der Waals surface area contributed by atoms with Gasteiger partial charge in [0.2, 0.25) is 0 Å². The number of likely N-dealkylation sites (tertiary alicyclic amines) is 1. The Balaban J connectivity index is 0.00000180. The number of halogens is 1. The average molecular weight is 374 g/mol. The van der Waals surface area contributed by atoms with Crippen LogP contribution in [0.1, 0.15) is 31.2 Å². The molecule has 1 saturated heterocycles. The third kappa shape index (κ3) is 4.97. The molecule has 0 aromatic carbocycles. The third-order valence-electron chi connectivity index (χ3n) is 3.46. The van der Waals surface area contributed by atoms with E-state index in [0.29, 0.717) is 12.5 Å². The Bertz CT molecular complexity index is 425. The molecule has 1 aliphatic rings. The van der Waals surface area contributed by atoms with Crippen LogP contribution < -0.4 is 5.73 Å². The quantitative estimate of drug-likeness (QED) is 0.492. The van der Waals surface area contributed by atoms with Crippen molar-refractivity contribution < 1.29 is 0 Å². The summed E-state index contributed by atoms with van der Waals surface area (Å²) in [6.07, 6.45) is 2.41. The van der Waals surface area contributed by atoms with Crippen molar-refractivity contribution in [2.24, 2.45) is 16.6 Å². The van der Waals surface area contributed by atoms with Crippen LogP contribution in [0, 0.1) is 12.8 Å². The molecule has 0 saturated carbocycles. The van der Waals surface area contributed by atoms with Gasteiger partial charge >= 0.3 is 0 Å². The predicted octanol–water partition coefficient (Wildman–Crippen LogP) is 2.55. The van der Waals surface area contributed by atoms with Crippen molar-refractivity contribution in [1.29, 1.82) is 0 Å². The van der Waals surface area contributed by atoms with Gasteiger partial charge < -0.3 is 10.6 Å². The molecule has 4 nitrogen and oxygen atoms in total. The Kier molecular flexibility index (Phi) is 6.54. The molecule has 0 atom stereocenters. The van der Waals surface area contributed by atoms with E-state index in [9.17, 15) is 0 Å². The van der Waals surface area contributed by atoms with Gasteiger partial charge in [0.05, 0.1) is 12.2 Å². The first-order valence-electron chi connectivity index (χ1n) is 6.62. The fourth-order valence-corrected chi connectivity index (χ4v) is 2.19. The summed E-state index contributed by atoms with van der Waals surface area (Å²) < 4.78 is 0. The Hall–Kier alpha value is -0.850. The fraction of sp³-hybridized carbons (Fsp3) is 0.571. The minimum absolute atomic E-state index is 0. The van der Waals surface area contributed by atoms with Crippen LogP contribution >= 0.6 is 24.0 Å². The first-order valence-corrected chi connectivity index (χ1v) is 6.62. The lowest BCUT2D eigenvalue weighted by atomic mass is 10.00. The van der Waals surface area contributed by atoms with Crippen molar-refractivity contribution in [1.82, 2.24) is 9.88 Å². The number of pyridine rings is 1. The lowest BCUT2D eigenvalue weighted by molar-refractivity contribution is 0.277. The maximum absolute atomic E-state index is 6.03. The highest BCUT2D eigenvalue weighted by Crippen LogP contribution is 2.15. The monoisotopic (exact) mass is 374 g/mol. The lowest BCUT2D eigenvalue weighted by Gasteiger charge is -2.30. The molecule has 1 aromatic rings. The van der Waals surface area contributed by atoms with Crippen LogP contribution in [0.5, 0.6) is 0 Å². The largest absolute Gasteiger partial charge is 0.370 e. The molecule has 1 aromatic heterocycles. The number of hydrogen-bond acceptors (Lipinski definition) is 2.